The van der Waals surface area contributed by atoms with Gasteiger partial charge in [0.25, 0.3) is 0 Å². The Kier molecular flexibility index (Phi) is 3.81. The van der Waals surface area contributed by atoms with E-state index in [2.05, 4.69) is 11.4 Å². The van der Waals surface area contributed by atoms with Crippen molar-refractivity contribution < 1.29 is 9.59 Å². The van der Waals surface area contributed by atoms with Gasteiger partial charge < -0.3 is 15.1 Å². The van der Waals surface area contributed by atoms with Crippen molar-refractivity contribution in [3.63, 3.8) is 0 Å². The van der Waals surface area contributed by atoms with Crippen molar-refractivity contribution in [3.8, 4) is 0 Å². The molecule has 1 aromatic carbocycles. The van der Waals surface area contributed by atoms with Gasteiger partial charge in [-0.3, -0.25) is 9.59 Å². The Labute approximate surface area is 136 Å². The minimum absolute atomic E-state index is 0.0501. The number of anilines is 1. The van der Waals surface area contributed by atoms with Gasteiger partial charge in [0.05, 0.1) is 12.5 Å². The second kappa shape index (κ2) is 5.96. The maximum absolute atomic E-state index is 12.7. The van der Waals surface area contributed by atoms with Gasteiger partial charge in [-0.2, -0.15) is 0 Å². The van der Waals surface area contributed by atoms with E-state index >= 15 is 0 Å². The first-order valence-corrected chi connectivity index (χ1v) is 8.63. The Balaban J connectivity index is 1.41. The van der Waals surface area contributed by atoms with Crippen molar-refractivity contribution in [2.75, 3.05) is 31.1 Å². The van der Waals surface area contributed by atoms with Crippen LogP contribution in [-0.4, -0.2) is 48.9 Å². The molecule has 2 heterocycles. The lowest BCUT2D eigenvalue weighted by molar-refractivity contribution is -0.138. The molecular formula is C18H23N3O2. The predicted molar refractivity (Wildman–Crippen MR) is 88.2 cm³/mol. The van der Waals surface area contributed by atoms with Crippen molar-refractivity contribution in [1.29, 1.82) is 0 Å². The molecule has 0 aromatic heterocycles. The lowest BCUT2D eigenvalue weighted by Gasteiger charge is -2.33. The van der Waals surface area contributed by atoms with E-state index in [0.29, 0.717) is 5.92 Å². The van der Waals surface area contributed by atoms with Gasteiger partial charge in [-0.05, 0) is 36.8 Å². The molecular weight excluding hydrogens is 290 g/mol. The van der Waals surface area contributed by atoms with Crippen molar-refractivity contribution in [2.45, 2.75) is 31.7 Å². The molecule has 1 aromatic rings. The number of nitrogens with one attached hydrogen (secondary N) is 1. The number of carbonyl (C=O) groups excluding carboxylic acids is 2. The molecule has 3 aliphatic rings. The fraction of sp³-hybridized carbons (Fsp3) is 0.556. The van der Waals surface area contributed by atoms with Gasteiger partial charge >= 0.3 is 0 Å². The first kappa shape index (κ1) is 14.7. The molecule has 122 valence electrons. The third-order valence-corrected chi connectivity index (χ3v) is 5.12. The Morgan fingerprint density at radius 2 is 2.04 bits per heavy atom. The molecule has 1 aliphatic carbocycles. The highest BCUT2D eigenvalue weighted by Crippen LogP contribution is 2.31. The van der Waals surface area contributed by atoms with E-state index in [1.807, 2.05) is 28.0 Å². The van der Waals surface area contributed by atoms with Gasteiger partial charge in [0.15, 0.2) is 0 Å². The second-order valence-corrected chi connectivity index (χ2v) is 6.86. The van der Waals surface area contributed by atoms with Gasteiger partial charge in [0.1, 0.15) is 0 Å². The lowest BCUT2D eigenvalue weighted by Crippen LogP contribution is -2.56. The number of benzene rings is 1. The summed E-state index contributed by atoms with van der Waals surface area (Å²) in [5.74, 6) is 0.844. The van der Waals surface area contributed by atoms with Crippen LogP contribution in [-0.2, 0) is 16.0 Å². The van der Waals surface area contributed by atoms with Crippen LogP contribution < -0.4 is 10.2 Å². The fourth-order valence-electron chi connectivity index (χ4n) is 3.63. The third kappa shape index (κ3) is 2.98. The zero-order valence-corrected chi connectivity index (χ0v) is 13.3. The molecule has 0 bridgehead atoms. The predicted octanol–water partition coefficient (Wildman–Crippen LogP) is 1.18. The summed E-state index contributed by atoms with van der Waals surface area (Å²) in [6.45, 7) is 3.15. The number of piperazine rings is 1. The molecule has 1 atom stereocenters. The molecule has 0 radical (unpaired) electrons. The number of carbonyl (C=O) groups is 2. The smallest absolute Gasteiger partial charge is 0.240 e. The molecule has 2 amide bonds. The van der Waals surface area contributed by atoms with Crippen LogP contribution in [0.2, 0.25) is 0 Å². The lowest BCUT2D eigenvalue weighted by atomic mass is 10.1. The number of amides is 2. The Bertz CT molecular complexity index is 626. The topological polar surface area (TPSA) is 52.7 Å². The maximum atomic E-state index is 12.7. The van der Waals surface area contributed by atoms with Crippen LogP contribution in [0.15, 0.2) is 24.3 Å². The molecule has 1 N–H and O–H groups in total. The van der Waals surface area contributed by atoms with Crippen LogP contribution in [0.25, 0.3) is 0 Å². The largest absolute Gasteiger partial charge is 0.340 e. The number of fused-ring (bicyclic) bond motifs is 1. The minimum atomic E-state index is -0.359. The average molecular weight is 313 g/mol. The van der Waals surface area contributed by atoms with Crippen LogP contribution in [0.1, 0.15) is 24.8 Å². The number of nitrogens with zero attached hydrogens (tertiary/aromatic N) is 2. The molecule has 1 saturated heterocycles. The van der Waals surface area contributed by atoms with E-state index in [4.69, 9.17) is 0 Å². The van der Waals surface area contributed by atoms with Crippen molar-refractivity contribution >= 4 is 17.5 Å². The van der Waals surface area contributed by atoms with Crippen LogP contribution >= 0.6 is 0 Å². The molecule has 2 fully saturated rings. The highest BCUT2D eigenvalue weighted by molar-refractivity contribution is 5.98. The molecule has 5 nitrogen and oxygen atoms in total. The van der Waals surface area contributed by atoms with Crippen LogP contribution in [0.3, 0.4) is 0 Å². The first-order valence-electron chi connectivity index (χ1n) is 8.63. The first-order chi connectivity index (χ1) is 11.2. The molecule has 1 saturated carbocycles. The number of hydrogen-bond acceptors (Lipinski definition) is 3. The Morgan fingerprint density at radius 3 is 2.87 bits per heavy atom. The number of hydrogen-bond donors (Lipinski definition) is 1. The molecule has 5 heteroatoms. The summed E-state index contributed by atoms with van der Waals surface area (Å²) in [7, 11) is 0. The van der Waals surface area contributed by atoms with E-state index in [1.54, 1.807) is 0 Å². The standard InChI is InChI=1S/C18H23N3O2/c22-17(21-9-7-14-3-1-2-4-16(14)21)11-15-18(23)20(10-8-19-15)12-13-5-6-13/h1-4,13,15,19H,5-12H2. The van der Waals surface area contributed by atoms with E-state index in [-0.39, 0.29) is 24.3 Å². The van der Waals surface area contributed by atoms with Crippen LogP contribution in [0, 0.1) is 5.92 Å². The van der Waals surface area contributed by atoms with Gasteiger partial charge in [-0.25, -0.2) is 0 Å². The molecule has 0 spiro atoms. The fourth-order valence-corrected chi connectivity index (χ4v) is 3.63. The van der Waals surface area contributed by atoms with Gasteiger partial charge in [0.2, 0.25) is 11.8 Å². The van der Waals surface area contributed by atoms with Gasteiger partial charge in [-0.1, -0.05) is 18.2 Å². The highest BCUT2D eigenvalue weighted by atomic mass is 16.2. The molecule has 2 aliphatic heterocycles. The Morgan fingerprint density at radius 1 is 1.22 bits per heavy atom. The van der Waals surface area contributed by atoms with Crippen LogP contribution in [0.4, 0.5) is 5.69 Å². The molecule has 4 rings (SSSR count). The van der Waals surface area contributed by atoms with Gasteiger partial charge in [0, 0.05) is 31.9 Å². The summed E-state index contributed by atoms with van der Waals surface area (Å²) in [5.41, 5.74) is 2.23. The summed E-state index contributed by atoms with van der Waals surface area (Å²) in [4.78, 5) is 29.0. The van der Waals surface area contributed by atoms with Crippen molar-refractivity contribution in [2.24, 2.45) is 5.92 Å². The third-order valence-electron chi connectivity index (χ3n) is 5.12. The Hall–Kier alpha value is -1.88. The minimum Gasteiger partial charge on any atom is -0.340 e. The highest BCUT2D eigenvalue weighted by Gasteiger charge is 2.35. The zero-order chi connectivity index (χ0) is 15.8. The van der Waals surface area contributed by atoms with E-state index in [1.165, 1.54) is 18.4 Å². The van der Waals surface area contributed by atoms with Crippen LogP contribution in [0.5, 0.6) is 0 Å². The van der Waals surface area contributed by atoms with E-state index in [9.17, 15) is 9.59 Å². The number of para-hydroxylation sites is 1. The number of rotatable bonds is 4. The summed E-state index contributed by atoms with van der Waals surface area (Å²) in [6.07, 6.45) is 3.65. The van der Waals surface area contributed by atoms with E-state index in [0.717, 1.165) is 38.3 Å². The SMILES string of the molecule is O=C1C(CC(=O)N2CCc3ccccc32)NCCN1CC1CC1. The summed E-state index contributed by atoms with van der Waals surface area (Å²) in [6, 6.07) is 7.68. The molecule has 23 heavy (non-hydrogen) atoms. The van der Waals surface area contributed by atoms with Gasteiger partial charge in [-0.15, -0.1) is 0 Å². The zero-order valence-electron chi connectivity index (χ0n) is 13.3. The molecule has 1 unspecified atom stereocenters. The summed E-state index contributed by atoms with van der Waals surface area (Å²) < 4.78 is 0. The summed E-state index contributed by atoms with van der Waals surface area (Å²) in [5, 5.41) is 3.23. The average Bonchev–Trinajstić information content (AvgIpc) is 3.27. The summed E-state index contributed by atoms with van der Waals surface area (Å²) >= 11 is 0. The second-order valence-electron chi connectivity index (χ2n) is 6.86. The van der Waals surface area contributed by atoms with Crippen molar-refractivity contribution in [1.82, 2.24) is 10.2 Å². The quantitative estimate of drug-likeness (QED) is 0.908. The monoisotopic (exact) mass is 313 g/mol. The normalized spacial score (nSPS) is 24.0. The van der Waals surface area contributed by atoms with Crippen molar-refractivity contribution in [3.05, 3.63) is 29.8 Å². The maximum Gasteiger partial charge on any atom is 0.240 e. The van der Waals surface area contributed by atoms with E-state index < -0.39 is 0 Å².